The van der Waals surface area contributed by atoms with Crippen LogP contribution in [0.15, 0.2) is 4.52 Å². The van der Waals surface area contributed by atoms with Crippen molar-refractivity contribution < 1.29 is 17.7 Å². The second-order valence-electron chi connectivity index (χ2n) is 6.02. The fraction of sp³-hybridized carbons (Fsp3) is 0.846. The molecule has 0 bridgehead atoms. The quantitative estimate of drug-likeness (QED) is 0.824. The predicted molar refractivity (Wildman–Crippen MR) is 77.5 cm³/mol. The fourth-order valence-electron chi connectivity index (χ4n) is 2.36. The Labute approximate surface area is 125 Å². The lowest BCUT2D eigenvalue weighted by Crippen LogP contribution is -2.33. The first kappa shape index (κ1) is 16.4. The number of nitrogens with zero attached hydrogens (tertiary/aromatic N) is 3. The summed E-state index contributed by atoms with van der Waals surface area (Å²) in [6, 6.07) is -0.104. The van der Waals surface area contributed by atoms with Crippen LogP contribution >= 0.6 is 0 Å². The van der Waals surface area contributed by atoms with Crippen molar-refractivity contribution in [3.63, 3.8) is 0 Å². The van der Waals surface area contributed by atoms with Crippen molar-refractivity contribution in [3.05, 3.63) is 11.7 Å². The number of ether oxygens (including phenoxy) is 1. The molecule has 1 saturated heterocycles. The second-order valence-corrected chi connectivity index (χ2v) is 8.77. The summed E-state index contributed by atoms with van der Waals surface area (Å²) in [4.78, 5) is 6.36. The van der Waals surface area contributed by atoms with Gasteiger partial charge in [0.15, 0.2) is 15.7 Å². The lowest BCUT2D eigenvalue weighted by molar-refractivity contribution is 0.171. The monoisotopic (exact) mass is 317 g/mol. The summed E-state index contributed by atoms with van der Waals surface area (Å²) in [5.41, 5.74) is 0. The van der Waals surface area contributed by atoms with Crippen molar-refractivity contribution >= 4 is 9.84 Å². The lowest BCUT2D eigenvalue weighted by atomic mass is 10.1. The summed E-state index contributed by atoms with van der Waals surface area (Å²) in [5.74, 6) is 1.16. The van der Waals surface area contributed by atoms with E-state index in [4.69, 9.17) is 9.26 Å². The Balaban J connectivity index is 2.11. The number of methoxy groups -OCH3 is 1. The molecule has 21 heavy (non-hydrogen) atoms. The minimum Gasteiger partial charge on any atom is -0.377 e. The maximum absolute atomic E-state index is 12.2. The molecule has 0 aliphatic carbocycles. The van der Waals surface area contributed by atoms with Gasteiger partial charge in [0.05, 0.1) is 16.5 Å². The molecule has 1 unspecified atom stereocenters. The summed E-state index contributed by atoms with van der Waals surface area (Å²) in [6.45, 7) is 7.01. The molecule has 0 saturated carbocycles. The molecule has 1 aliphatic heterocycles. The number of hydrogen-bond acceptors (Lipinski definition) is 7. The van der Waals surface area contributed by atoms with Crippen LogP contribution in [0.25, 0.3) is 0 Å². The summed E-state index contributed by atoms with van der Waals surface area (Å²) in [5, 5.41) is 3.85. The zero-order valence-electron chi connectivity index (χ0n) is 13.0. The summed E-state index contributed by atoms with van der Waals surface area (Å²) < 4.78 is 34.0. The first-order chi connectivity index (χ1) is 9.77. The molecule has 7 nitrogen and oxygen atoms in total. The molecule has 2 heterocycles. The van der Waals surface area contributed by atoms with Crippen molar-refractivity contribution in [3.8, 4) is 0 Å². The molecular weight excluding hydrogens is 294 g/mol. The van der Waals surface area contributed by atoms with Crippen LogP contribution in [-0.4, -0.2) is 54.2 Å². The lowest BCUT2D eigenvalue weighted by Gasteiger charge is -2.25. The van der Waals surface area contributed by atoms with Crippen molar-refractivity contribution in [2.24, 2.45) is 0 Å². The molecule has 0 amide bonds. The Morgan fingerprint density at radius 1 is 1.43 bits per heavy atom. The van der Waals surface area contributed by atoms with Crippen LogP contribution in [0.5, 0.6) is 0 Å². The van der Waals surface area contributed by atoms with Crippen molar-refractivity contribution in [2.45, 2.75) is 44.6 Å². The number of aromatic nitrogens is 2. The highest BCUT2D eigenvalue weighted by Gasteiger charge is 2.38. The molecule has 2 rings (SSSR count). The van der Waals surface area contributed by atoms with E-state index in [1.54, 1.807) is 21.0 Å². The molecule has 1 atom stereocenters. The summed E-state index contributed by atoms with van der Waals surface area (Å²) in [7, 11) is -1.51. The zero-order chi connectivity index (χ0) is 15.7. The van der Waals surface area contributed by atoms with Gasteiger partial charge in [-0.2, -0.15) is 4.98 Å². The highest BCUT2D eigenvalue weighted by atomic mass is 32.2. The van der Waals surface area contributed by atoms with Gasteiger partial charge in [-0.25, -0.2) is 8.42 Å². The van der Waals surface area contributed by atoms with Gasteiger partial charge >= 0.3 is 0 Å². The van der Waals surface area contributed by atoms with Crippen LogP contribution in [0.4, 0.5) is 0 Å². The van der Waals surface area contributed by atoms with E-state index < -0.39 is 14.6 Å². The molecule has 8 heteroatoms. The van der Waals surface area contributed by atoms with Crippen LogP contribution in [0.1, 0.15) is 44.9 Å². The van der Waals surface area contributed by atoms with E-state index in [0.29, 0.717) is 37.8 Å². The van der Waals surface area contributed by atoms with Gasteiger partial charge in [-0.1, -0.05) is 5.16 Å². The normalized spacial score (nSPS) is 23.6. The molecule has 1 aromatic rings. The van der Waals surface area contributed by atoms with Gasteiger partial charge < -0.3 is 9.26 Å². The third-order valence-corrected chi connectivity index (χ3v) is 6.76. The van der Waals surface area contributed by atoms with Crippen LogP contribution in [0, 0.1) is 0 Å². The van der Waals surface area contributed by atoms with Crippen molar-refractivity contribution in [1.82, 2.24) is 15.0 Å². The SMILES string of the molecule is COCc1noc(C(C)N2CCC(C)(C)S(=O)(=O)CC2)n1. The second kappa shape index (κ2) is 6.02. The Morgan fingerprint density at radius 2 is 2.14 bits per heavy atom. The molecule has 1 fully saturated rings. The van der Waals surface area contributed by atoms with Crippen molar-refractivity contribution in [2.75, 3.05) is 26.0 Å². The minimum atomic E-state index is -3.08. The molecule has 0 aromatic carbocycles. The first-order valence-electron chi connectivity index (χ1n) is 7.04. The van der Waals surface area contributed by atoms with E-state index in [1.807, 2.05) is 6.92 Å². The molecule has 1 aliphatic rings. The van der Waals surface area contributed by atoms with Gasteiger partial charge in [0.25, 0.3) is 0 Å². The highest BCUT2D eigenvalue weighted by Crippen LogP contribution is 2.29. The van der Waals surface area contributed by atoms with E-state index in [0.717, 1.165) is 0 Å². The molecule has 0 radical (unpaired) electrons. The third kappa shape index (κ3) is 3.44. The van der Waals surface area contributed by atoms with Crippen molar-refractivity contribution in [1.29, 1.82) is 0 Å². The first-order valence-corrected chi connectivity index (χ1v) is 8.70. The molecule has 0 spiro atoms. The van der Waals surface area contributed by atoms with Crippen LogP contribution < -0.4 is 0 Å². The third-order valence-electron chi connectivity index (χ3n) is 4.15. The average Bonchev–Trinajstić information content (AvgIpc) is 2.82. The maximum atomic E-state index is 12.2. The Hall–Kier alpha value is -0.990. The minimum absolute atomic E-state index is 0.104. The van der Waals surface area contributed by atoms with Crippen LogP contribution in [-0.2, 0) is 21.2 Å². The Kier molecular flexibility index (Phi) is 4.69. The smallest absolute Gasteiger partial charge is 0.243 e. The standard InChI is InChI=1S/C13H23N3O4S/c1-10(12-14-11(9-19-4)15-20-12)16-6-5-13(2,3)21(17,18)8-7-16/h10H,5-9H2,1-4H3. The van der Waals surface area contributed by atoms with E-state index in [2.05, 4.69) is 15.0 Å². The topological polar surface area (TPSA) is 85.5 Å². The number of sulfone groups is 1. The zero-order valence-corrected chi connectivity index (χ0v) is 13.8. The molecule has 0 N–H and O–H groups in total. The average molecular weight is 317 g/mol. The van der Waals surface area contributed by atoms with Crippen LogP contribution in [0.3, 0.4) is 0 Å². The number of hydrogen-bond donors (Lipinski definition) is 0. The maximum Gasteiger partial charge on any atom is 0.243 e. The largest absolute Gasteiger partial charge is 0.377 e. The van der Waals surface area contributed by atoms with Gasteiger partial charge in [-0.15, -0.1) is 0 Å². The van der Waals surface area contributed by atoms with Gasteiger partial charge in [0.2, 0.25) is 5.89 Å². The van der Waals surface area contributed by atoms with Gasteiger partial charge in [0.1, 0.15) is 6.61 Å². The van der Waals surface area contributed by atoms with E-state index in [1.165, 1.54) is 0 Å². The Morgan fingerprint density at radius 3 is 2.81 bits per heavy atom. The Bertz CT molecular complexity index is 582. The van der Waals surface area contributed by atoms with E-state index in [-0.39, 0.29) is 11.8 Å². The van der Waals surface area contributed by atoms with Gasteiger partial charge in [0, 0.05) is 20.2 Å². The number of rotatable bonds is 4. The van der Waals surface area contributed by atoms with Gasteiger partial charge in [-0.3, -0.25) is 4.90 Å². The summed E-state index contributed by atoms with van der Waals surface area (Å²) in [6.07, 6.45) is 0.596. The van der Waals surface area contributed by atoms with E-state index in [9.17, 15) is 8.42 Å². The summed E-state index contributed by atoms with van der Waals surface area (Å²) >= 11 is 0. The highest BCUT2D eigenvalue weighted by molar-refractivity contribution is 7.92. The van der Waals surface area contributed by atoms with Crippen LogP contribution in [0.2, 0.25) is 0 Å². The predicted octanol–water partition coefficient (Wildman–Crippen LogP) is 1.18. The van der Waals surface area contributed by atoms with E-state index >= 15 is 0 Å². The fourth-order valence-corrected chi connectivity index (χ4v) is 3.79. The molecule has 120 valence electrons. The molecule has 1 aromatic heterocycles. The van der Waals surface area contributed by atoms with Gasteiger partial charge in [-0.05, 0) is 27.2 Å². The molecular formula is C13H23N3O4S.